The molecule has 92 valence electrons. The Kier molecular flexibility index (Phi) is 6.23. The maximum Gasteiger partial charge on any atom is 0.142 e. The van der Waals surface area contributed by atoms with Crippen molar-refractivity contribution in [3.63, 3.8) is 0 Å². The van der Waals surface area contributed by atoms with Gasteiger partial charge in [-0.1, -0.05) is 25.4 Å². The molecule has 0 fully saturated rings. The lowest BCUT2D eigenvalue weighted by Crippen LogP contribution is -2.15. The van der Waals surface area contributed by atoms with Crippen molar-refractivity contribution in [2.75, 3.05) is 0 Å². The summed E-state index contributed by atoms with van der Waals surface area (Å²) in [6.07, 6.45) is 0.570. The normalized spacial score (nSPS) is 12.4. The first-order valence-corrected chi connectivity index (χ1v) is 5.20. The number of rotatable bonds is 3. The molecule has 1 aromatic rings. The first kappa shape index (κ1) is 15.6. The van der Waals surface area contributed by atoms with Gasteiger partial charge >= 0.3 is 0 Å². The fourth-order valence-corrected chi connectivity index (χ4v) is 1.80. The first-order chi connectivity index (χ1) is 6.93. The third kappa shape index (κ3) is 3.58. The van der Waals surface area contributed by atoms with E-state index in [1.54, 1.807) is 0 Å². The maximum atomic E-state index is 13.4. The Bertz CT molecular complexity index is 356. The van der Waals surface area contributed by atoms with E-state index < -0.39 is 17.7 Å². The minimum atomic E-state index is -0.632. The van der Waals surface area contributed by atoms with E-state index in [1.165, 1.54) is 0 Å². The highest BCUT2D eigenvalue weighted by Gasteiger charge is 2.19. The van der Waals surface area contributed by atoms with Gasteiger partial charge in [-0.2, -0.15) is 0 Å². The van der Waals surface area contributed by atoms with Crippen LogP contribution < -0.4 is 5.73 Å². The minimum absolute atomic E-state index is 0. The molecule has 0 aliphatic heterocycles. The number of halogens is 4. The second kappa shape index (κ2) is 6.38. The quantitative estimate of drug-likeness (QED) is 0.822. The number of hydrogen-bond acceptors (Lipinski definition) is 1. The van der Waals surface area contributed by atoms with Crippen LogP contribution >= 0.6 is 24.0 Å². The molecule has 1 nitrogen and oxygen atoms in total. The van der Waals surface area contributed by atoms with Crippen molar-refractivity contribution in [2.45, 2.75) is 26.3 Å². The van der Waals surface area contributed by atoms with E-state index in [2.05, 4.69) is 0 Å². The Morgan fingerprint density at radius 2 is 1.75 bits per heavy atom. The van der Waals surface area contributed by atoms with E-state index in [1.807, 2.05) is 13.8 Å². The molecule has 0 saturated heterocycles. The van der Waals surface area contributed by atoms with E-state index in [0.29, 0.717) is 12.3 Å². The highest BCUT2D eigenvalue weighted by molar-refractivity contribution is 6.31. The lowest BCUT2D eigenvalue weighted by atomic mass is 9.97. The van der Waals surface area contributed by atoms with Gasteiger partial charge in [0, 0.05) is 11.6 Å². The summed E-state index contributed by atoms with van der Waals surface area (Å²) in [4.78, 5) is 0. The van der Waals surface area contributed by atoms with E-state index in [9.17, 15) is 8.78 Å². The van der Waals surface area contributed by atoms with Crippen molar-refractivity contribution in [3.05, 3.63) is 34.4 Å². The summed E-state index contributed by atoms with van der Waals surface area (Å²) in [7, 11) is 0. The average molecular weight is 270 g/mol. The summed E-state index contributed by atoms with van der Waals surface area (Å²) in [6.45, 7) is 3.93. The van der Waals surface area contributed by atoms with Crippen molar-refractivity contribution < 1.29 is 8.78 Å². The van der Waals surface area contributed by atoms with Gasteiger partial charge in [0.2, 0.25) is 0 Å². The van der Waals surface area contributed by atoms with E-state index >= 15 is 0 Å². The van der Waals surface area contributed by atoms with Crippen molar-refractivity contribution in [2.24, 2.45) is 11.7 Å². The summed E-state index contributed by atoms with van der Waals surface area (Å²) in [6, 6.07) is 1.49. The average Bonchev–Trinajstić information content (AvgIpc) is 2.11. The van der Waals surface area contributed by atoms with Crippen molar-refractivity contribution in [3.8, 4) is 0 Å². The molecule has 5 heteroatoms. The summed E-state index contributed by atoms with van der Waals surface area (Å²) < 4.78 is 26.5. The molecule has 0 unspecified atom stereocenters. The minimum Gasteiger partial charge on any atom is -0.324 e. The highest BCUT2D eigenvalue weighted by atomic mass is 35.5. The van der Waals surface area contributed by atoms with Gasteiger partial charge in [0.05, 0.1) is 5.02 Å². The summed E-state index contributed by atoms with van der Waals surface area (Å²) in [5.74, 6) is -0.874. The zero-order valence-electron chi connectivity index (χ0n) is 9.14. The molecule has 0 radical (unpaired) electrons. The van der Waals surface area contributed by atoms with E-state index in [-0.39, 0.29) is 23.0 Å². The Morgan fingerprint density at radius 1 is 1.25 bits per heavy atom. The van der Waals surface area contributed by atoms with Crippen LogP contribution in [0.3, 0.4) is 0 Å². The fourth-order valence-electron chi connectivity index (χ4n) is 1.51. The molecule has 0 aromatic heterocycles. The maximum absolute atomic E-state index is 13.4. The molecule has 16 heavy (non-hydrogen) atoms. The monoisotopic (exact) mass is 269 g/mol. The molecule has 0 spiro atoms. The molecule has 0 aliphatic rings. The van der Waals surface area contributed by atoms with Crippen molar-refractivity contribution in [1.29, 1.82) is 0 Å². The smallest absolute Gasteiger partial charge is 0.142 e. The van der Waals surface area contributed by atoms with Crippen LogP contribution in [0, 0.1) is 17.6 Å². The Balaban J connectivity index is 0.00000225. The molecule has 1 aromatic carbocycles. The molecular weight excluding hydrogens is 255 g/mol. The van der Waals surface area contributed by atoms with Gasteiger partial charge in [0.15, 0.2) is 0 Å². The molecule has 2 N–H and O–H groups in total. The second-order valence-corrected chi connectivity index (χ2v) is 4.37. The van der Waals surface area contributed by atoms with Gasteiger partial charge < -0.3 is 5.73 Å². The number of nitrogens with two attached hydrogens (primary N) is 1. The van der Waals surface area contributed by atoms with Gasteiger partial charge in [-0.05, 0) is 24.5 Å². The second-order valence-electron chi connectivity index (χ2n) is 3.99. The Hall–Kier alpha value is -0.380. The molecular formula is C11H15Cl2F2N. The largest absolute Gasteiger partial charge is 0.324 e. The van der Waals surface area contributed by atoms with Crippen LogP contribution in [0.2, 0.25) is 5.02 Å². The van der Waals surface area contributed by atoms with Gasteiger partial charge in [-0.3, -0.25) is 0 Å². The molecule has 1 atom stereocenters. The molecule has 1 rings (SSSR count). The van der Waals surface area contributed by atoms with Crippen LogP contribution in [-0.2, 0) is 0 Å². The topological polar surface area (TPSA) is 26.0 Å². The van der Waals surface area contributed by atoms with Crippen LogP contribution in [0.1, 0.15) is 31.9 Å². The summed E-state index contributed by atoms with van der Waals surface area (Å²) in [5, 5.41) is -0.205. The SMILES string of the molecule is CC(C)C[C@H](N)c1c(F)ccc(F)c1Cl.Cl. The fraction of sp³-hybridized carbons (Fsp3) is 0.455. The lowest BCUT2D eigenvalue weighted by molar-refractivity contribution is 0.484. The first-order valence-electron chi connectivity index (χ1n) is 4.82. The van der Waals surface area contributed by atoms with Crippen LogP contribution in [0.5, 0.6) is 0 Å². The lowest BCUT2D eigenvalue weighted by Gasteiger charge is -2.16. The van der Waals surface area contributed by atoms with Crippen LogP contribution in [0.25, 0.3) is 0 Å². The third-order valence-electron chi connectivity index (χ3n) is 2.18. The zero-order valence-corrected chi connectivity index (χ0v) is 10.7. The van der Waals surface area contributed by atoms with Crippen LogP contribution in [0.15, 0.2) is 12.1 Å². The van der Waals surface area contributed by atoms with Crippen LogP contribution in [-0.4, -0.2) is 0 Å². The molecule has 0 aliphatic carbocycles. The van der Waals surface area contributed by atoms with E-state index in [0.717, 1.165) is 12.1 Å². The van der Waals surface area contributed by atoms with Crippen molar-refractivity contribution in [1.82, 2.24) is 0 Å². The third-order valence-corrected chi connectivity index (χ3v) is 2.56. The predicted molar refractivity (Wildman–Crippen MR) is 65.0 cm³/mol. The standard InChI is InChI=1S/C11H14ClF2N.ClH/c1-6(2)5-9(15)10-7(13)3-4-8(14)11(10)12;/h3-4,6,9H,5,15H2,1-2H3;1H/t9-;/m0./s1. The number of benzene rings is 1. The highest BCUT2D eigenvalue weighted by Crippen LogP contribution is 2.30. The van der Waals surface area contributed by atoms with Crippen molar-refractivity contribution >= 4 is 24.0 Å². The van der Waals surface area contributed by atoms with Crippen LogP contribution in [0.4, 0.5) is 8.78 Å². The van der Waals surface area contributed by atoms with Gasteiger partial charge in [0.25, 0.3) is 0 Å². The summed E-state index contributed by atoms with van der Waals surface area (Å²) >= 11 is 5.68. The molecule has 0 saturated carbocycles. The number of hydrogen-bond donors (Lipinski definition) is 1. The van der Waals surface area contributed by atoms with Gasteiger partial charge in [-0.25, -0.2) is 8.78 Å². The van der Waals surface area contributed by atoms with Gasteiger partial charge in [-0.15, -0.1) is 12.4 Å². The molecule has 0 amide bonds. The molecule has 0 bridgehead atoms. The summed E-state index contributed by atoms with van der Waals surface area (Å²) in [5.41, 5.74) is 5.85. The molecule has 0 heterocycles. The van der Waals surface area contributed by atoms with Gasteiger partial charge in [0.1, 0.15) is 11.6 Å². The zero-order chi connectivity index (χ0) is 11.6. The predicted octanol–water partition coefficient (Wildman–Crippen LogP) is 4.09. The van der Waals surface area contributed by atoms with E-state index in [4.69, 9.17) is 17.3 Å². The Labute approximate surface area is 105 Å². The Morgan fingerprint density at radius 3 is 2.25 bits per heavy atom.